The standard InChI is InChI=1S/C75H105N25O9/c76-30-15-21-51(78)65(102)94-57(27-10-13-33-87-74(82)83)67(104)97-62(37-45-41-91-54-24-7-3-19-49(45)54)71(108)100-61(36-44-40-90-53-23-6-2-18-48(44)53)70(107)96-59(29-16-31-77)68(105)98-63(38-46-42-92-55-25-8-4-20-50(46)55)72(109)99-60(35-43-39-89-52-22-5-1-17-47(43)52)69(106)95-58(28-11-14-34-88-75(84)85)66(103)93-56(64(79)101)26-9-12-32-86-73(80)81/h1-8,17-20,22-25,39-42,51,56-63,89-92H,9-16,21,26-38,76-78H2,(H2,79,101)(H,93,103)(H,94,102)(H,95,106)(H,96,107)(H,97,104)(H,98,105)(H,99,109)(H,100,108)(H4,80,81,86)(H4,82,83,87)(H4,84,85,88)/t51-,56+,57+,58+,59-,60+,61-,62+,63-/m1/s1. The third-order valence-corrected chi connectivity index (χ3v) is 18.9. The zero-order chi connectivity index (χ0) is 78.4. The van der Waals surface area contributed by atoms with E-state index in [1.54, 1.807) is 24.8 Å². The molecule has 0 aliphatic carbocycles. The first-order chi connectivity index (χ1) is 52.5. The first kappa shape index (κ1) is 82.6. The van der Waals surface area contributed by atoms with Gasteiger partial charge in [0.2, 0.25) is 53.2 Å². The monoisotopic (exact) mass is 1500 g/mol. The van der Waals surface area contributed by atoms with Gasteiger partial charge in [-0.2, -0.15) is 0 Å². The van der Waals surface area contributed by atoms with Crippen molar-refractivity contribution in [3.8, 4) is 0 Å². The number of hydrogen-bond donors (Lipinski definition) is 25. The number of aromatic amines is 4. The number of amides is 9. The van der Waals surface area contributed by atoms with Gasteiger partial charge < -0.3 is 119 Å². The number of aromatic nitrogens is 4. The molecular formula is C75H105N25O9. The molecule has 584 valence electrons. The van der Waals surface area contributed by atoms with E-state index in [4.69, 9.17) is 56.4 Å². The number of benzene rings is 4. The van der Waals surface area contributed by atoms with Gasteiger partial charge in [-0.15, -0.1) is 0 Å². The average Bonchev–Trinajstić information content (AvgIpc) is 1.73. The minimum absolute atomic E-state index is 0.0141. The molecule has 4 heterocycles. The first-order valence-corrected chi connectivity index (χ1v) is 36.8. The van der Waals surface area contributed by atoms with Gasteiger partial charge in [0.15, 0.2) is 17.9 Å². The van der Waals surface area contributed by atoms with E-state index in [2.05, 4.69) is 78.4 Å². The van der Waals surface area contributed by atoms with E-state index in [9.17, 15) is 19.2 Å². The molecule has 34 nitrogen and oxygen atoms in total. The van der Waals surface area contributed by atoms with Gasteiger partial charge in [-0.3, -0.25) is 59.4 Å². The summed E-state index contributed by atoms with van der Waals surface area (Å²) in [6.07, 6.45) is 9.54. The molecule has 0 aliphatic rings. The van der Waals surface area contributed by atoms with Gasteiger partial charge in [-0.1, -0.05) is 72.8 Å². The summed E-state index contributed by atoms with van der Waals surface area (Å²) in [5.41, 5.74) is 45.8. The summed E-state index contributed by atoms with van der Waals surface area (Å²) in [7, 11) is 0. The summed E-state index contributed by atoms with van der Waals surface area (Å²) in [5.74, 6) is -7.82. The minimum Gasteiger partial charge on any atom is -0.370 e. The lowest BCUT2D eigenvalue weighted by Gasteiger charge is -2.28. The van der Waals surface area contributed by atoms with E-state index >= 15 is 24.0 Å². The van der Waals surface area contributed by atoms with Crippen molar-refractivity contribution in [3.05, 3.63) is 144 Å². The molecule has 0 unspecified atom stereocenters. The summed E-state index contributed by atoms with van der Waals surface area (Å²) in [4.78, 5) is 146. The predicted octanol–water partition coefficient (Wildman–Crippen LogP) is 0.0113. The van der Waals surface area contributed by atoms with Crippen molar-refractivity contribution >= 4 is 115 Å². The van der Waals surface area contributed by atoms with Gasteiger partial charge in [0.05, 0.1) is 6.04 Å². The highest BCUT2D eigenvalue weighted by Gasteiger charge is 2.37. The number of guanidine groups is 3. The summed E-state index contributed by atoms with van der Waals surface area (Å²) >= 11 is 0. The highest BCUT2D eigenvalue weighted by atomic mass is 16.2. The largest absolute Gasteiger partial charge is 0.370 e. The van der Waals surface area contributed by atoms with Crippen molar-refractivity contribution in [1.82, 2.24) is 78.4 Å². The number of nitrogens with one attached hydrogen (secondary N) is 18. The third kappa shape index (κ3) is 25.0. The molecule has 0 bridgehead atoms. The van der Waals surface area contributed by atoms with Crippen molar-refractivity contribution in [3.63, 3.8) is 0 Å². The molecule has 0 saturated heterocycles. The minimum atomic E-state index is -1.50. The van der Waals surface area contributed by atoms with Crippen LogP contribution in [0.5, 0.6) is 0 Å². The normalized spacial score (nSPS) is 13.8. The highest BCUT2D eigenvalue weighted by molar-refractivity contribution is 6.00. The second-order valence-corrected chi connectivity index (χ2v) is 27.1. The third-order valence-electron chi connectivity index (χ3n) is 18.9. The Morgan fingerprint density at radius 1 is 0.312 bits per heavy atom. The number of carbonyl (C=O) groups excluding carboxylic acids is 9. The molecule has 109 heavy (non-hydrogen) atoms. The first-order valence-electron chi connectivity index (χ1n) is 36.8. The molecule has 4 aromatic heterocycles. The fourth-order valence-corrected chi connectivity index (χ4v) is 13.1. The molecule has 0 saturated carbocycles. The van der Waals surface area contributed by atoms with E-state index < -0.39 is 108 Å². The predicted molar refractivity (Wildman–Crippen MR) is 419 cm³/mol. The van der Waals surface area contributed by atoms with Gasteiger partial charge in [0, 0.05) is 114 Å². The Hall–Kier alpha value is -12.0. The topological polar surface area (TPSA) is 603 Å². The molecule has 0 aliphatic heterocycles. The van der Waals surface area contributed by atoms with Crippen molar-refractivity contribution in [2.24, 2.45) is 40.1 Å². The Balaban J connectivity index is 1.11. The highest BCUT2D eigenvalue weighted by Crippen LogP contribution is 2.25. The number of nitrogens with two attached hydrogens (primary N) is 7. The molecule has 0 radical (unpaired) electrons. The fraction of sp³-hybridized carbons (Fsp3) is 0.413. The Labute approximate surface area is 630 Å². The van der Waals surface area contributed by atoms with Gasteiger partial charge >= 0.3 is 0 Å². The number of rotatable bonds is 46. The summed E-state index contributed by atoms with van der Waals surface area (Å²) in [5, 5.41) is 56.6. The van der Waals surface area contributed by atoms with Crippen LogP contribution < -0.4 is 98.6 Å². The summed E-state index contributed by atoms with van der Waals surface area (Å²) in [6.45, 7) is 1.22. The SMILES string of the molecule is N=C(N)NCCCC[C@H](NC(=O)[C@H](CCCCNC(=N)N)NC(=O)[C@H](Cc1c[nH]c2ccccc12)NC(=O)[C@@H](Cc1c[nH]c2ccccc12)NC(=O)[C@@H](CCCN)NC(=O)[C@@H](Cc1c[nH]c2ccccc12)NC(=O)[C@H](Cc1c[nH]c2ccccc12)NC(=O)[C@H](CCCCNC(=N)N)NC(=O)[C@H](N)CCCN)C(N)=O. The van der Waals surface area contributed by atoms with Crippen LogP contribution in [0, 0.1) is 16.2 Å². The molecule has 0 fully saturated rings. The summed E-state index contributed by atoms with van der Waals surface area (Å²) < 4.78 is 0. The van der Waals surface area contributed by atoms with Crippen LogP contribution >= 0.6 is 0 Å². The molecule has 34 heteroatoms. The van der Waals surface area contributed by atoms with Gasteiger partial charge in [-0.25, -0.2) is 0 Å². The lowest BCUT2D eigenvalue weighted by molar-refractivity contribution is -0.136. The number of fused-ring (bicyclic) bond motifs is 4. The van der Waals surface area contributed by atoms with Crippen LogP contribution in [-0.4, -0.2) is 178 Å². The Kier molecular flexibility index (Phi) is 31.6. The molecule has 8 aromatic rings. The van der Waals surface area contributed by atoms with Gasteiger partial charge in [0.25, 0.3) is 0 Å². The molecule has 4 aromatic carbocycles. The van der Waals surface area contributed by atoms with Crippen molar-refractivity contribution in [1.29, 1.82) is 16.2 Å². The lowest BCUT2D eigenvalue weighted by Crippen LogP contribution is -2.61. The Bertz CT molecular complexity index is 4430. The summed E-state index contributed by atoms with van der Waals surface area (Å²) in [6, 6.07) is 17.3. The zero-order valence-electron chi connectivity index (χ0n) is 61.0. The fourth-order valence-electron chi connectivity index (χ4n) is 13.1. The number of para-hydroxylation sites is 4. The van der Waals surface area contributed by atoms with Crippen molar-refractivity contribution in [2.45, 2.75) is 164 Å². The van der Waals surface area contributed by atoms with Crippen LogP contribution in [0.4, 0.5) is 0 Å². The smallest absolute Gasteiger partial charge is 0.243 e. The van der Waals surface area contributed by atoms with Crippen LogP contribution in [0.2, 0.25) is 0 Å². The molecular weight excluding hydrogens is 1390 g/mol. The second-order valence-electron chi connectivity index (χ2n) is 27.1. The zero-order valence-corrected chi connectivity index (χ0v) is 61.0. The van der Waals surface area contributed by atoms with E-state index in [0.717, 1.165) is 32.7 Å². The maximum absolute atomic E-state index is 15.6. The number of carbonyl (C=O) groups is 9. The molecule has 9 atom stereocenters. The van der Waals surface area contributed by atoms with Crippen molar-refractivity contribution < 1.29 is 43.2 Å². The Morgan fingerprint density at radius 2 is 0.550 bits per heavy atom. The quantitative estimate of drug-likeness (QED) is 0.0136. The average molecular weight is 1500 g/mol. The van der Waals surface area contributed by atoms with E-state index in [-0.39, 0.29) is 102 Å². The maximum atomic E-state index is 15.6. The van der Waals surface area contributed by atoms with Crippen LogP contribution in [0.15, 0.2) is 122 Å². The molecule has 32 N–H and O–H groups in total. The molecule has 8 rings (SSSR count). The molecule has 9 amide bonds. The second kappa shape index (κ2) is 41.8. The number of hydrogen-bond acceptors (Lipinski definition) is 15. The number of H-pyrrole nitrogens is 4. The van der Waals surface area contributed by atoms with E-state index in [1.165, 1.54) is 0 Å². The van der Waals surface area contributed by atoms with Crippen LogP contribution in [-0.2, 0) is 68.8 Å². The van der Waals surface area contributed by atoms with Gasteiger partial charge in [0.1, 0.15) is 48.3 Å². The van der Waals surface area contributed by atoms with E-state index in [1.807, 2.05) is 97.1 Å². The van der Waals surface area contributed by atoms with Crippen LogP contribution in [0.25, 0.3) is 43.6 Å². The van der Waals surface area contributed by atoms with Crippen molar-refractivity contribution in [2.75, 3.05) is 32.7 Å². The van der Waals surface area contributed by atoms with Gasteiger partial charge in [-0.05, 0) is 143 Å². The van der Waals surface area contributed by atoms with E-state index in [0.29, 0.717) is 91.2 Å². The lowest BCUT2D eigenvalue weighted by atomic mass is 9.99. The van der Waals surface area contributed by atoms with Crippen LogP contribution in [0.1, 0.15) is 106 Å². The van der Waals surface area contributed by atoms with Crippen LogP contribution in [0.3, 0.4) is 0 Å². The molecule has 0 spiro atoms. The number of unbranched alkanes of at least 4 members (excludes halogenated alkanes) is 3. The maximum Gasteiger partial charge on any atom is 0.243 e. The number of primary amides is 1. The Morgan fingerprint density at radius 3 is 0.835 bits per heavy atom.